The van der Waals surface area contributed by atoms with Crippen LogP contribution in [-0.2, 0) is 25.8 Å². The van der Waals surface area contributed by atoms with Crippen molar-refractivity contribution in [1.29, 1.82) is 0 Å². The maximum Gasteiger partial charge on any atom is 0.290 e. The molecule has 1 fully saturated rings. The molecular weight excluding hydrogens is 388 g/mol. The smallest absolute Gasteiger partial charge is 0.290 e. The molecule has 0 aromatic carbocycles. The normalized spacial score (nSPS) is 17.8. The van der Waals surface area contributed by atoms with Crippen molar-refractivity contribution in [3.05, 3.63) is 36.4 Å². The van der Waals surface area contributed by atoms with Gasteiger partial charge in [-0.2, -0.15) is 10.2 Å². The second-order valence-corrected chi connectivity index (χ2v) is 8.45. The van der Waals surface area contributed by atoms with Gasteiger partial charge < -0.3 is 10.8 Å². The minimum atomic E-state index is -3.08. The lowest BCUT2D eigenvalue weighted by atomic mass is 10.2. The number of pyridine rings is 1. The van der Waals surface area contributed by atoms with Gasteiger partial charge in [-0.1, -0.05) is 0 Å². The van der Waals surface area contributed by atoms with Crippen molar-refractivity contribution in [2.75, 3.05) is 11.5 Å². The molecule has 1 atom stereocenters. The highest BCUT2D eigenvalue weighted by Gasteiger charge is 2.32. The first-order valence-corrected chi connectivity index (χ1v) is 10.1. The highest BCUT2D eigenvalue weighted by atomic mass is 32.2. The molecule has 4 heterocycles. The number of nitrogens with zero attached hydrogens (tertiary/aromatic N) is 5. The summed E-state index contributed by atoms with van der Waals surface area (Å²) in [5, 5.41) is 15.4. The van der Waals surface area contributed by atoms with E-state index in [2.05, 4.69) is 15.2 Å². The van der Waals surface area contributed by atoms with E-state index in [0.29, 0.717) is 18.1 Å². The summed E-state index contributed by atoms with van der Waals surface area (Å²) < 4.78 is 27.0. The molecule has 11 nitrogen and oxygen atoms in total. The van der Waals surface area contributed by atoms with E-state index in [9.17, 15) is 13.2 Å². The van der Waals surface area contributed by atoms with Crippen molar-refractivity contribution in [2.24, 2.45) is 5.73 Å². The van der Waals surface area contributed by atoms with Crippen LogP contribution in [0.5, 0.6) is 0 Å². The average molecular weight is 406 g/mol. The molecule has 1 saturated heterocycles. The van der Waals surface area contributed by atoms with E-state index in [1.807, 2.05) is 18.2 Å². The Labute approximate surface area is 159 Å². The molecule has 3 aromatic heterocycles. The number of carboxylic acid groups (broad SMARTS) is 1. The Bertz CT molecular complexity index is 1120. The third-order valence-corrected chi connectivity index (χ3v) is 5.97. The molecule has 3 aromatic rings. The Morgan fingerprint density at radius 1 is 1.39 bits per heavy atom. The molecule has 1 amide bonds. The predicted molar refractivity (Wildman–Crippen MR) is 98.1 cm³/mol. The SMILES string of the molecule is NC(=O)Cc1nc(-c2ccn3nccc3c2)n(C2CCS(=O)(=O)C2)n1.O=CO. The topological polar surface area (TPSA) is 163 Å². The Balaban J connectivity index is 0.000000706. The van der Waals surface area contributed by atoms with Crippen LogP contribution in [0, 0.1) is 0 Å². The third-order valence-electron chi connectivity index (χ3n) is 4.22. The van der Waals surface area contributed by atoms with Gasteiger partial charge in [0.05, 0.1) is 29.5 Å². The lowest BCUT2D eigenvalue weighted by Gasteiger charge is -2.11. The number of sulfone groups is 1. The molecule has 0 spiro atoms. The summed E-state index contributed by atoms with van der Waals surface area (Å²) in [6, 6.07) is 5.28. The highest BCUT2D eigenvalue weighted by molar-refractivity contribution is 7.91. The first-order valence-electron chi connectivity index (χ1n) is 8.28. The maximum absolute atomic E-state index is 11.8. The summed E-state index contributed by atoms with van der Waals surface area (Å²) >= 11 is 0. The maximum atomic E-state index is 11.8. The van der Waals surface area contributed by atoms with Gasteiger partial charge >= 0.3 is 0 Å². The van der Waals surface area contributed by atoms with Crippen molar-refractivity contribution >= 4 is 27.7 Å². The Morgan fingerprint density at radius 3 is 2.79 bits per heavy atom. The lowest BCUT2D eigenvalue weighted by molar-refractivity contribution is -0.123. The average Bonchev–Trinajstić information content (AvgIpc) is 3.32. The Morgan fingerprint density at radius 2 is 2.14 bits per heavy atom. The highest BCUT2D eigenvalue weighted by Crippen LogP contribution is 2.29. The number of carbonyl (C=O) groups excluding carboxylic acids is 1. The van der Waals surface area contributed by atoms with Gasteiger partial charge in [0, 0.05) is 18.0 Å². The minimum absolute atomic E-state index is 0.0221. The van der Waals surface area contributed by atoms with Gasteiger partial charge in [-0.05, 0) is 24.6 Å². The van der Waals surface area contributed by atoms with Gasteiger partial charge in [0.15, 0.2) is 21.5 Å². The molecule has 3 N–H and O–H groups in total. The Kier molecular flexibility index (Phi) is 5.40. The summed E-state index contributed by atoms with van der Waals surface area (Å²) in [5.74, 6) is 0.439. The van der Waals surface area contributed by atoms with Crippen molar-refractivity contribution in [1.82, 2.24) is 24.4 Å². The van der Waals surface area contributed by atoms with Gasteiger partial charge in [0.1, 0.15) is 0 Å². The van der Waals surface area contributed by atoms with Crippen LogP contribution in [0.2, 0.25) is 0 Å². The summed E-state index contributed by atoms with van der Waals surface area (Å²) in [6.07, 6.45) is 3.87. The van der Waals surface area contributed by atoms with Crippen molar-refractivity contribution < 1.29 is 23.1 Å². The third kappa shape index (κ3) is 4.17. The van der Waals surface area contributed by atoms with Crippen LogP contribution in [0.3, 0.4) is 0 Å². The molecule has 0 aliphatic carbocycles. The fourth-order valence-corrected chi connectivity index (χ4v) is 4.77. The molecule has 1 unspecified atom stereocenters. The van der Waals surface area contributed by atoms with Crippen LogP contribution in [0.1, 0.15) is 18.3 Å². The molecule has 28 heavy (non-hydrogen) atoms. The standard InChI is InChI=1S/C15H16N6O3S.CH2O2/c16-13(22)8-14-18-15(10-2-5-20-11(7-10)1-4-17-20)21(19-14)12-3-6-25(23,24)9-12;2-1-3/h1-2,4-5,7,12H,3,6,8-9H2,(H2,16,22);1H,(H,2,3). The van der Waals surface area contributed by atoms with E-state index in [1.54, 1.807) is 21.6 Å². The van der Waals surface area contributed by atoms with Gasteiger partial charge in [-0.3, -0.25) is 9.59 Å². The summed E-state index contributed by atoms with van der Waals surface area (Å²) in [7, 11) is -3.08. The first kappa shape index (κ1) is 19.5. The molecule has 4 rings (SSSR count). The number of hydrogen-bond acceptors (Lipinski definition) is 7. The van der Waals surface area contributed by atoms with E-state index in [0.717, 1.165) is 11.1 Å². The van der Waals surface area contributed by atoms with Crippen LogP contribution >= 0.6 is 0 Å². The first-order chi connectivity index (χ1) is 13.3. The van der Waals surface area contributed by atoms with Crippen molar-refractivity contribution in [2.45, 2.75) is 18.9 Å². The second kappa shape index (κ2) is 7.76. The largest absolute Gasteiger partial charge is 0.483 e. The number of amides is 1. The number of primary amides is 1. The molecule has 148 valence electrons. The Hall–Kier alpha value is -3.28. The van der Waals surface area contributed by atoms with E-state index in [-0.39, 0.29) is 30.4 Å². The number of nitrogens with two attached hydrogens (primary N) is 1. The zero-order valence-electron chi connectivity index (χ0n) is 14.7. The summed E-state index contributed by atoms with van der Waals surface area (Å²) in [5.41, 5.74) is 6.90. The number of carbonyl (C=O) groups is 2. The predicted octanol–water partition coefficient (Wildman–Crippen LogP) is -0.319. The van der Waals surface area contributed by atoms with Crippen LogP contribution in [0.15, 0.2) is 30.6 Å². The van der Waals surface area contributed by atoms with Gasteiger partial charge in [-0.15, -0.1) is 0 Å². The fourth-order valence-electron chi connectivity index (χ4n) is 3.08. The number of fused-ring (bicyclic) bond motifs is 1. The van der Waals surface area contributed by atoms with Crippen LogP contribution in [0.25, 0.3) is 16.9 Å². The number of rotatable bonds is 4. The zero-order valence-corrected chi connectivity index (χ0v) is 15.5. The lowest BCUT2D eigenvalue weighted by Crippen LogP contribution is -2.16. The zero-order chi connectivity index (χ0) is 20.3. The van der Waals surface area contributed by atoms with E-state index in [4.69, 9.17) is 15.6 Å². The van der Waals surface area contributed by atoms with Crippen molar-refractivity contribution in [3.8, 4) is 11.4 Å². The second-order valence-electron chi connectivity index (χ2n) is 6.22. The van der Waals surface area contributed by atoms with Gasteiger partial charge in [-0.25, -0.2) is 22.6 Å². The van der Waals surface area contributed by atoms with Crippen LogP contribution in [-0.4, -0.2) is 61.8 Å². The fraction of sp³-hybridized carbons (Fsp3) is 0.312. The monoisotopic (exact) mass is 406 g/mol. The molecular formula is C16H18N6O5S. The van der Waals surface area contributed by atoms with Crippen LogP contribution in [0.4, 0.5) is 0 Å². The van der Waals surface area contributed by atoms with Crippen molar-refractivity contribution in [3.63, 3.8) is 0 Å². The van der Waals surface area contributed by atoms with E-state index in [1.165, 1.54) is 0 Å². The molecule has 0 saturated carbocycles. The summed E-state index contributed by atoms with van der Waals surface area (Å²) in [4.78, 5) is 24.0. The minimum Gasteiger partial charge on any atom is -0.483 e. The molecule has 1 aliphatic rings. The van der Waals surface area contributed by atoms with E-state index < -0.39 is 15.7 Å². The summed E-state index contributed by atoms with van der Waals surface area (Å²) in [6.45, 7) is -0.250. The molecule has 12 heteroatoms. The van der Waals surface area contributed by atoms with Crippen LogP contribution < -0.4 is 5.73 Å². The molecule has 0 bridgehead atoms. The van der Waals surface area contributed by atoms with Gasteiger partial charge in [0.25, 0.3) is 6.47 Å². The number of hydrogen-bond donors (Lipinski definition) is 2. The van der Waals surface area contributed by atoms with Gasteiger partial charge in [0.2, 0.25) is 5.91 Å². The number of aromatic nitrogens is 5. The molecule has 1 aliphatic heterocycles. The molecule has 0 radical (unpaired) electrons. The quantitative estimate of drug-likeness (QED) is 0.557. The van der Waals surface area contributed by atoms with E-state index >= 15 is 0 Å².